The number of carbonyl (C=O) groups is 1. The van der Waals surface area contributed by atoms with E-state index < -0.39 is 6.23 Å². The third-order valence-corrected chi connectivity index (χ3v) is 6.45. The molecule has 1 aliphatic heterocycles. The van der Waals surface area contributed by atoms with Gasteiger partial charge in [-0.1, -0.05) is 56.3 Å². The van der Waals surface area contributed by atoms with Crippen molar-refractivity contribution in [1.82, 2.24) is 15.2 Å². The van der Waals surface area contributed by atoms with E-state index in [-0.39, 0.29) is 5.91 Å². The Morgan fingerprint density at radius 3 is 2.65 bits per heavy atom. The van der Waals surface area contributed by atoms with Gasteiger partial charge in [0.25, 0.3) is 0 Å². The van der Waals surface area contributed by atoms with Crippen LogP contribution in [0.2, 0.25) is 0 Å². The first-order chi connectivity index (χ1) is 16.4. The molecule has 0 N–H and O–H groups in total. The molecule has 7 nitrogen and oxygen atoms in total. The van der Waals surface area contributed by atoms with E-state index in [4.69, 9.17) is 9.72 Å². The van der Waals surface area contributed by atoms with Crippen LogP contribution < -0.4 is 9.64 Å². The second-order valence-electron chi connectivity index (χ2n) is 8.62. The molecule has 1 unspecified atom stereocenters. The SMILES string of the molecule is CCC(=O)N1c2ccc(C)cc2-c2nnc(SCCC(C)C)nc2OC1c1ccc(C#N)cc1. The van der Waals surface area contributed by atoms with Gasteiger partial charge in [-0.3, -0.25) is 9.69 Å². The Hall–Kier alpha value is -3.44. The molecule has 8 heteroatoms. The minimum Gasteiger partial charge on any atom is -0.447 e. The normalized spacial score (nSPS) is 14.6. The fraction of sp³-hybridized carbons (Fsp3) is 0.346. The molecule has 0 radical (unpaired) electrons. The summed E-state index contributed by atoms with van der Waals surface area (Å²) in [5.41, 5.74) is 4.27. The number of anilines is 1. The summed E-state index contributed by atoms with van der Waals surface area (Å²) in [5, 5.41) is 18.6. The van der Waals surface area contributed by atoms with Crippen LogP contribution in [-0.2, 0) is 4.79 Å². The van der Waals surface area contributed by atoms with Crippen molar-refractivity contribution in [2.75, 3.05) is 10.7 Å². The summed E-state index contributed by atoms with van der Waals surface area (Å²) in [5.74, 6) is 1.72. The summed E-state index contributed by atoms with van der Waals surface area (Å²) in [6.45, 7) is 8.18. The van der Waals surface area contributed by atoms with Crippen LogP contribution in [0.3, 0.4) is 0 Å². The van der Waals surface area contributed by atoms with Crippen molar-refractivity contribution < 1.29 is 9.53 Å². The summed E-state index contributed by atoms with van der Waals surface area (Å²) >= 11 is 1.55. The van der Waals surface area contributed by atoms with E-state index in [0.29, 0.717) is 40.3 Å². The van der Waals surface area contributed by atoms with E-state index in [2.05, 4.69) is 30.1 Å². The first kappa shape index (κ1) is 23.7. The predicted octanol–water partition coefficient (Wildman–Crippen LogP) is 5.69. The molecular weight excluding hydrogens is 446 g/mol. The molecule has 0 spiro atoms. The first-order valence-corrected chi connectivity index (χ1v) is 12.4. The highest BCUT2D eigenvalue weighted by molar-refractivity contribution is 7.99. The van der Waals surface area contributed by atoms with Gasteiger partial charge in [0.05, 0.1) is 17.3 Å². The number of nitriles is 1. The van der Waals surface area contributed by atoms with Crippen LogP contribution in [0.15, 0.2) is 47.6 Å². The highest BCUT2D eigenvalue weighted by Gasteiger charge is 2.35. The maximum absolute atomic E-state index is 13.2. The van der Waals surface area contributed by atoms with Crippen LogP contribution in [-0.4, -0.2) is 26.8 Å². The van der Waals surface area contributed by atoms with Gasteiger partial charge in [0.2, 0.25) is 23.2 Å². The molecule has 4 rings (SSSR count). The van der Waals surface area contributed by atoms with Gasteiger partial charge in [-0.15, -0.1) is 10.2 Å². The number of aromatic nitrogens is 3. The van der Waals surface area contributed by atoms with Gasteiger partial charge >= 0.3 is 0 Å². The lowest BCUT2D eigenvalue weighted by molar-refractivity contribution is -0.120. The number of hydrogen-bond donors (Lipinski definition) is 0. The van der Waals surface area contributed by atoms with Crippen molar-refractivity contribution in [3.63, 3.8) is 0 Å². The number of rotatable bonds is 6. The zero-order chi connectivity index (χ0) is 24.2. The van der Waals surface area contributed by atoms with Crippen molar-refractivity contribution in [1.29, 1.82) is 5.26 Å². The highest BCUT2D eigenvalue weighted by atomic mass is 32.2. The minimum atomic E-state index is -0.756. The Morgan fingerprint density at radius 2 is 1.97 bits per heavy atom. The molecule has 3 aromatic rings. The topological polar surface area (TPSA) is 92.0 Å². The number of thioether (sulfide) groups is 1. The van der Waals surface area contributed by atoms with E-state index in [1.807, 2.05) is 44.2 Å². The number of amides is 1. The number of benzene rings is 2. The molecule has 1 aromatic heterocycles. The summed E-state index contributed by atoms with van der Waals surface area (Å²) < 4.78 is 6.44. The van der Waals surface area contributed by atoms with Gasteiger partial charge in [-0.2, -0.15) is 10.2 Å². The van der Waals surface area contributed by atoms with E-state index in [9.17, 15) is 10.1 Å². The molecule has 0 fully saturated rings. The molecule has 0 bridgehead atoms. The molecule has 1 aliphatic rings. The third-order valence-electron chi connectivity index (χ3n) is 5.58. The van der Waals surface area contributed by atoms with Crippen molar-refractivity contribution in [2.45, 2.75) is 51.9 Å². The van der Waals surface area contributed by atoms with Crippen LogP contribution >= 0.6 is 11.8 Å². The zero-order valence-corrected chi connectivity index (χ0v) is 20.6. The van der Waals surface area contributed by atoms with Gasteiger partial charge in [-0.05, 0) is 43.5 Å². The molecular formula is C26H27N5O2S. The lowest BCUT2D eigenvalue weighted by Gasteiger charge is -2.30. The number of hydrogen-bond acceptors (Lipinski definition) is 7. The Labute approximate surface area is 204 Å². The van der Waals surface area contributed by atoms with Crippen molar-refractivity contribution in [3.8, 4) is 23.2 Å². The highest BCUT2D eigenvalue weighted by Crippen LogP contribution is 2.44. The Balaban J connectivity index is 1.85. The second-order valence-corrected chi connectivity index (χ2v) is 9.68. The average molecular weight is 474 g/mol. The van der Waals surface area contributed by atoms with Crippen LogP contribution in [0, 0.1) is 24.2 Å². The van der Waals surface area contributed by atoms with Gasteiger partial charge in [-0.25, -0.2) is 0 Å². The van der Waals surface area contributed by atoms with Gasteiger partial charge in [0, 0.05) is 23.3 Å². The fourth-order valence-corrected chi connectivity index (χ4v) is 4.72. The number of ether oxygens (including phenoxy) is 1. The predicted molar refractivity (Wildman–Crippen MR) is 132 cm³/mol. The molecule has 1 amide bonds. The summed E-state index contributed by atoms with van der Waals surface area (Å²) in [4.78, 5) is 19.6. The van der Waals surface area contributed by atoms with Gasteiger partial charge < -0.3 is 4.74 Å². The Bertz CT molecular complexity index is 1240. The van der Waals surface area contributed by atoms with Crippen molar-refractivity contribution in [3.05, 3.63) is 59.2 Å². The molecule has 0 aliphatic carbocycles. The first-order valence-electron chi connectivity index (χ1n) is 11.4. The minimum absolute atomic E-state index is 0.0910. The zero-order valence-electron chi connectivity index (χ0n) is 19.8. The molecule has 2 aromatic carbocycles. The Kier molecular flexibility index (Phi) is 7.13. The molecule has 34 heavy (non-hydrogen) atoms. The van der Waals surface area contributed by atoms with Crippen molar-refractivity contribution >= 4 is 23.4 Å². The largest absolute Gasteiger partial charge is 0.447 e. The van der Waals surface area contributed by atoms with E-state index in [0.717, 1.165) is 28.9 Å². The molecule has 174 valence electrons. The van der Waals surface area contributed by atoms with E-state index in [1.165, 1.54) is 0 Å². The molecule has 0 saturated heterocycles. The monoisotopic (exact) mass is 473 g/mol. The average Bonchev–Trinajstić information content (AvgIpc) is 2.97. The smallest absolute Gasteiger partial charge is 0.247 e. The van der Waals surface area contributed by atoms with Crippen LogP contribution in [0.25, 0.3) is 11.3 Å². The Morgan fingerprint density at radius 1 is 1.21 bits per heavy atom. The van der Waals surface area contributed by atoms with Crippen molar-refractivity contribution in [2.24, 2.45) is 5.92 Å². The molecule has 0 saturated carbocycles. The molecule has 1 atom stereocenters. The van der Waals surface area contributed by atoms with Gasteiger partial charge in [0.1, 0.15) is 0 Å². The second kappa shape index (κ2) is 10.2. The quantitative estimate of drug-likeness (QED) is 0.425. The lowest BCUT2D eigenvalue weighted by Crippen LogP contribution is -2.37. The number of aryl methyl sites for hydroxylation is 1. The van der Waals surface area contributed by atoms with Crippen LogP contribution in [0.5, 0.6) is 5.88 Å². The number of nitrogens with zero attached hydrogens (tertiary/aromatic N) is 5. The van der Waals surface area contributed by atoms with Gasteiger partial charge in [0.15, 0.2) is 5.69 Å². The maximum atomic E-state index is 13.2. The van der Waals surface area contributed by atoms with E-state index >= 15 is 0 Å². The van der Waals surface area contributed by atoms with E-state index in [1.54, 1.807) is 28.8 Å². The molecule has 2 heterocycles. The lowest BCUT2D eigenvalue weighted by atomic mass is 10.0. The summed E-state index contributed by atoms with van der Waals surface area (Å²) in [7, 11) is 0. The summed E-state index contributed by atoms with van der Waals surface area (Å²) in [6.07, 6.45) is 0.587. The number of carbonyl (C=O) groups excluding carboxylic acids is 1. The fourth-order valence-electron chi connectivity index (χ4n) is 3.71. The standard InChI is InChI=1S/C26H27N5O2S/c1-5-22(32)31-21-11-6-17(4)14-20(21)23-24(28-26(30-29-23)34-13-12-16(2)3)33-25(31)19-9-7-18(15-27)8-10-19/h6-11,14,16,25H,5,12-13H2,1-4H3. The number of fused-ring (bicyclic) bond motifs is 3. The summed E-state index contributed by atoms with van der Waals surface area (Å²) in [6, 6.07) is 15.1. The third kappa shape index (κ3) is 4.90. The maximum Gasteiger partial charge on any atom is 0.247 e. The van der Waals surface area contributed by atoms with Crippen LogP contribution in [0.4, 0.5) is 5.69 Å². The van der Waals surface area contributed by atoms with Crippen LogP contribution in [0.1, 0.15) is 56.5 Å².